The van der Waals surface area contributed by atoms with Crippen molar-refractivity contribution in [2.24, 2.45) is 0 Å². The first-order valence-electron chi connectivity index (χ1n) is 7.21. The topological polar surface area (TPSA) is 80.3 Å². The van der Waals surface area contributed by atoms with Gasteiger partial charge < -0.3 is 15.4 Å². The van der Waals surface area contributed by atoms with Crippen LogP contribution in [0.5, 0.6) is 0 Å². The highest BCUT2D eigenvalue weighted by atomic mass is 79.9. The molecule has 1 aromatic heterocycles. The van der Waals surface area contributed by atoms with Gasteiger partial charge in [0, 0.05) is 28.4 Å². The molecule has 11 heteroatoms. The molecule has 0 aliphatic rings. The van der Waals surface area contributed by atoms with Gasteiger partial charge in [0.05, 0.1) is 5.69 Å². The summed E-state index contributed by atoms with van der Waals surface area (Å²) in [7, 11) is 0. The third-order valence-electron chi connectivity index (χ3n) is 2.86. The number of nitrogens with zero attached hydrogens (tertiary/aromatic N) is 1. The minimum Gasteiger partial charge on any atom is -0.440 e. The van der Waals surface area contributed by atoms with Crippen LogP contribution in [0.25, 0.3) is 11.3 Å². The van der Waals surface area contributed by atoms with E-state index in [9.17, 15) is 22.8 Å². The van der Waals surface area contributed by atoms with Crippen molar-refractivity contribution < 1.29 is 27.5 Å². The van der Waals surface area contributed by atoms with Crippen molar-refractivity contribution >= 4 is 44.4 Å². The lowest BCUT2D eigenvalue weighted by atomic mass is 10.2. The van der Waals surface area contributed by atoms with Crippen LogP contribution in [-0.4, -0.2) is 36.3 Å². The van der Waals surface area contributed by atoms with Crippen LogP contribution in [-0.2, 0) is 9.53 Å². The summed E-state index contributed by atoms with van der Waals surface area (Å²) in [5, 5.41) is 6.79. The third kappa shape index (κ3) is 7.00. The Kier molecular flexibility index (Phi) is 6.98. The van der Waals surface area contributed by atoms with Crippen LogP contribution in [0.4, 0.5) is 23.1 Å². The number of alkyl carbamates (subject to hydrolysis) is 1. The molecule has 0 atom stereocenters. The van der Waals surface area contributed by atoms with Gasteiger partial charge in [0.25, 0.3) is 0 Å². The van der Waals surface area contributed by atoms with Crippen LogP contribution in [0.15, 0.2) is 34.1 Å². The fourth-order valence-electron chi connectivity index (χ4n) is 1.77. The predicted octanol–water partition coefficient (Wildman–Crippen LogP) is 4.19. The van der Waals surface area contributed by atoms with E-state index < -0.39 is 24.8 Å². The van der Waals surface area contributed by atoms with Gasteiger partial charge in [-0.1, -0.05) is 28.1 Å². The molecule has 0 saturated carbocycles. The summed E-state index contributed by atoms with van der Waals surface area (Å²) in [4.78, 5) is 27.1. The van der Waals surface area contributed by atoms with Crippen molar-refractivity contribution in [1.82, 2.24) is 10.3 Å². The second-order valence-corrected chi connectivity index (χ2v) is 6.74. The molecule has 6 nitrogen and oxygen atoms in total. The van der Waals surface area contributed by atoms with E-state index in [2.05, 4.69) is 36.3 Å². The fourth-order valence-corrected chi connectivity index (χ4v) is 2.90. The molecule has 0 bridgehead atoms. The summed E-state index contributed by atoms with van der Waals surface area (Å²) in [6.45, 7) is -1.84. The number of aromatic nitrogens is 1. The number of halogens is 4. The normalized spacial score (nSPS) is 11.1. The smallest absolute Gasteiger partial charge is 0.422 e. The summed E-state index contributed by atoms with van der Waals surface area (Å²) in [6.07, 6.45) is -5.96. The van der Waals surface area contributed by atoms with Crippen LogP contribution >= 0.6 is 27.3 Å². The van der Waals surface area contributed by atoms with Gasteiger partial charge in [-0.15, -0.1) is 11.3 Å². The van der Waals surface area contributed by atoms with Crippen LogP contribution in [0, 0.1) is 0 Å². The van der Waals surface area contributed by atoms with Gasteiger partial charge in [0.2, 0.25) is 5.91 Å². The van der Waals surface area contributed by atoms with Crippen LogP contribution < -0.4 is 10.6 Å². The van der Waals surface area contributed by atoms with E-state index in [0.717, 1.165) is 10.0 Å². The predicted molar refractivity (Wildman–Crippen MR) is 93.9 cm³/mol. The molecule has 0 aliphatic carbocycles. The molecule has 2 aromatic rings. The molecule has 0 fully saturated rings. The summed E-state index contributed by atoms with van der Waals surface area (Å²) >= 11 is 4.60. The van der Waals surface area contributed by atoms with E-state index in [1.165, 1.54) is 11.3 Å². The van der Waals surface area contributed by atoms with Crippen LogP contribution in [0.2, 0.25) is 0 Å². The minimum atomic E-state index is -4.59. The Labute approximate surface area is 158 Å². The molecular weight excluding hydrogens is 439 g/mol. The SMILES string of the molecule is O=C(CCNC(=O)OCC(F)(F)F)Nc1nc(-c2cccc(Br)c2)cs1. The number of ether oxygens (including phenoxy) is 1. The lowest BCUT2D eigenvalue weighted by molar-refractivity contribution is -0.160. The molecule has 140 valence electrons. The molecule has 26 heavy (non-hydrogen) atoms. The van der Waals surface area contributed by atoms with Crippen molar-refractivity contribution in [1.29, 1.82) is 0 Å². The molecule has 2 N–H and O–H groups in total. The Morgan fingerprint density at radius 3 is 2.77 bits per heavy atom. The number of amides is 2. The Morgan fingerprint density at radius 2 is 2.08 bits per heavy atom. The first kappa shape index (κ1) is 20.2. The van der Waals surface area contributed by atoms with Crippen molar-refractivity contribution in [2.75, 3.05) is 18.5 Å². The molecule has 2 amide bonds. The highest BCUT2D eigenvalue weighted by Crippen LogP contribution is 2.26. The van der Waals surface area contributed by atoms with E-state index in [4.69, 9.17) is 0 Å². The number of hydrogen-bond donors (Lipinski definition) is 2. The molecule has 2 rings (SSSR count). The standard InChI is InChI=1S/C15H13BrF3N3O3S/c16-10-3-1-2-9(6-10)11-7-26-13(21-11)22-12(23)4-5-20-14(24)25-8-15(17,18)19/h1-3,6-7H,4-5,8H2,(H,20,24)(H,21,22,23). The second kappa shape index (κ2) is 8.99. The van der Waals surface area contributed by atoms with Gasteiger partial charge >= 0.3 is 12.3 Å². The fraction of sp³-hybridized carbons (Fsp3) is 0.267. The Morgan fingerprint density at radius 1 is 1.31 bits per heavy atom. The quantitative estimate of drug-likeness (QED) is 0.689. The molecule has 1 heterocycles. The van der Waals surface area contributed by atoms with Crippen LogP contribution in [0.1, 0.15) is 6.42 Å². The Hall–Kier alpha value is -2.14. The van der Waals surface area contributed by atoms with Gasteiger partial charge in [-0.05, 0) is 12.1 Å². The maximum absolute atomic E-state index is 11.9. The number of hydrogen-bond acceptors (Lipinski definition) is 5. The van der Waals surface area contributed by atoms with E-state index >= 15 is 0 Å². The van der Waals surface area contributed by atoms with Crippen molar-refractivity contribution in [3.8, 4) is 11.3 Å². The number of carbonyl (C=O) groups excluding carboxylic acids is 2. The molecular formula is C15H13BrF3N3O3S. The number of nitrogens with one attached hydrogen (secondary N) is 2. The molecule has 0 unspecified atom stereocenters. The van der Waals surface area contributed by atoms with Gasteiger partial charge in [-0.25, -0.2) is 9.78 Å². The van der Waals surface area contributed by atoms with Crippen molar-refractivity contribution in [3.63, 3.8) is 0 Å². The molecule has 0 aliphatic heterocycles. The van der Waals surface area contributed by atoms with Crippen LogP contribution in [0.3, 0.4) is 0 Å². The first-order valence-corrected chi connectivity index (χ1v) is 8.89. The highest BCUT2D eigenvalue weighted by molar-refractivity contribution is 9.10. The molecule has 0 spiro atoms. The maximum Gasteiger partial charge on any atom is 0.422 e. The van der Waals surface area contributed by atoms with Gasteiger partial charge in [-0.2, -0.15) is 13.2 Å². The Balaban J connectivity index is 1.76. The zero-order valence-electron chi connectivity index (χ0n) is 13.1. The maximum atomic E-state index is 11.9. The molecule has 1 aromatic carbocycles. The summed E-state index contributed by atoms with van der Waals surface area (Å²) in [5.41, 5.74) is 1.57. The lowest BCUT2D eigenvalue weighted by Gasteiger charge is -2.08. The number of thiazole rings is 1. The minimum absolute atomic E-state index is 0.132. The summed E-state index contributed by atoms with van der Waals surface area (Å²) in [6, 6.07) is 7.50. The van der Waals surface area contributed by atoms with Gasteiger partial charge in [0.15, 0.2) is 11.7 Å². The lowest BCUT2D eigenvalue weighted by Crippen LogP contribution is -2.31. The zero-order valence-corrected chi connectivity index (χ0v) is 15.5. The number of carbonyl (C=O) groups is 2. The number of anilines is 1. The van der Waals surface area contributed by atoms with E-state index in [0.29, 0.717) is 10.8 Å². The van der Waals surface area contributed by atoms with E-state index in [-0.39, 0.29) is 13.0 Å². The monoisotopic (exact) mass is 451 g/mol. The van der Waals surface area contributed by atoms with E-state index in [1.807, 2.05) is 24.3 Å². The van der Waals surface area contributed by atoms with Crippen molar-refractivity contribution in [2.45, 2.75) is 12.6 Å². The zero-order chi connectivity index (χ0) is 19.2. The molecule has 0 saturated heterocycles. The average molecular weight is 452 g/mol. The average Bonchev–Trinajstić information content (AvgIpc) is 3.01. The Bertz CT molecular complexity index is 783. The highest BCUT2D eigenvalue weighted by Gasteiger charge is 2.29. The third-order valence-corrected chi connectivity index (χ3v) is 4.11. The second-order valence-electron chi connectivity index (χ2n) is 4.96. The summed E-state index contributed by atoms with van der Waals surface area (Å²) < 4.78 is 40.5. The number of benzene rings is 1. The largest absolute Gasteiger partial charge is 0.440 e. The first-order chi connectivity index (χ1) is 12.2. The number of rotatable bonds is 6. The van der Waals surface area contributed by atoms with Gasteiger partial charge in [0.1, 0.15) is 0 Å². The number of alkyl halides is 3. The van der Waals surface area contributed by atoms with Crippen molar-refractivity contribution in [3.05, 3.63) is 34.1 Å². The van der Waals surface area contributed by atoms with E-state index in [1.54, 1.807) is 5.38 Å². The molecule has 0 radical (unpaired) electrons. The summed E-state index contributed by atoms with van der Waals surface area (Å²) in [5.74, 6) is -0.434. The van der Waals surface area contributed by atoms with Gasteiger partial charge in [-0.3, -0.25) is 4.79 Å².